The Kier molecular flexibility index (Phi) is 6.75. The lowest BCUT2D eigenvalue weighted by atomic mass is 9.97. The van der Waals surface area contributed by atoms with Crippen molar-refractivity contribution in [2.75, 3.05) is 11.1 Å². The number of amides is 1. The van der Waals surface area contributed by atoms with E-state index in [4.69, 9.17) is 11.6 Å². The summed E-state index contributed by atoms with van der Waals surface area (Å²) in [5, 5.41) is 12.8. The van der Waals surface area contributed by atoms with Crippen LogP contribution in [0.2, 0.25) is 5.02 Å². The summed E-state index contributed by atoms with van der Waals surface area (Å²) >= 11 is 7.61. The molecule has 0 radical (unpaired) electrons. The predicted octanol–water partition coefficient (Wildman–Crippen LogP) is 5.38. The van der Waals surface area contributed by atoms with Crippen LogP contribution < -0.4 is 5.32 Å². The first-order valence-corrected chi connectivity index (χ1v) is 10.5. The third kappa shape index (κ3) is 4.56. The van der Waals surface area contributed by atoms with Gasteiger partial charge in [-0.2, -0.15) is 0 Å². The minimum absolute atomic E-state index is 0.0666. The van der Waals surface area contributed by atoms with Gasteiger partial charge in [0, 0.05) is 18.3 Å². The molecule has 1 N–H and O–H groups in total. The molecule has 2 aromatic carbocycles. The quantitative estimate of drug-likeness (QED) is 0.527. The Morgan fingerprint density at radius 1 is 1.18 bits per heavy atom. The SMILES string of the molecule is CCC(C)c1ccccc1NC(=O)CSc1nnc(-c2ccccc2Cl)n1C. The maximum absolute atomic E-state index is 12.5. The Morgan fingerprint density at radius 2 is 1.89 bits per heavy atom. The molecule has 0 aliphatic heterocycles. The number of benzene rings is 2. The molecule has 0 fully saturated rings. The average Bonchev–Trinajstić information content (AvgIpc) is 3.07. The number of rotatable bonds is 7. The minimum Gasteiger partial charge on any atom is -0.325 e. The predicted molar refractivity (Wildman–Crippen MR) is 116 cm³/mol. The van der Waals surface area contributed by atoms with Crippen molar-refractivity contribution in [2.45, 2.75) is 31.3 Å². The van der Waals surface area contributed by atoms with Crippen LogP contribution in [0.3, 0.4) is 0 Å². The molecule has 1 unspecified atom stereocenters. The van der Waals surface area contributed by atoms with E-state index in [-0.39, 0.29) is 11.7 Å². The molecule has 0 saturated heterocycles. The third-order valence-electron chi connectivity index (χ3n) is 4.66. The number of aromatic nitrogens is 3. The van der Waals surface area contributed by atoms with Crippen molar-refractivity contribution < 1.29 is 4.79 Å². The van der Waals surface area contributed by atoms with Crippen LogP contribution in [0.4, 0.5) is 5.69 Å². The molecule has 0 saturated carbocycles. The van der Waals surface area contributed by atoms with E-state index in [0.717, 1.165) is 23.2 Å². The molecule has 5 nitrogen and oxygen atoms in total. The first kappa shape index (κ1) is 20.4. The summed E-state index contributed by atoms with van der Waals surface area (Å²) in [6.45, 7) is 4.30. The van der Waals surface area contributed by atoms with Gasteiger partial charge in [0.2, 0.25) is 5.91 Å². The highest BCUT2D eigenvalue weighted by atomic mass is 35.5. The topological polar surface area (TPSA) is 59.8 Å². The van der Waals surface area contributed by atoms with Crippen molar-refractivity contribution >= 4 is 35.0 Å². The van der Waals surface area contributed by atoms with Gasteiger partial charge < -0.3 is 9.88 Å². The Bertz CT molecular complexity index is 973. The summed E-state index contributed by atoms with van der Waals surface area (Å²) in [4.78, 5) is 12.5. The van der Waals surface area contributed by atoms with E-state index in [9.17, 15) is 4.79 Å². The fourth-order valence-electron chi connectivity index (χ4n) is 2.89. The smallest absolute Gasteiger partial charge is 0.234 e. The molecule has 1 atom stereocenters. The molecule has 1 heterocycles. The Labute approximate surface area is 174 Å². The highest BCUT2D eigenvalue weighted by molar-refractivity contribution is 7.99. The van der Waals surface area contributed by atoms with Crippen LogP contribution in [0.1, 0.15) is 31.7 Å². The maximum Gasteiger partial charge on any atom is 0.234 e. The number of carbonyl (C=O) groups is 1. The highest BCUT2D eigenvalue weighted by Gasteiger charge is 2.16. The summed E-state index contributed by atoms with van der Waals surface area (Å²) in [6.07, 6.45) is 1.02. The summed E-state index contributed by atoms with van der Waals surface area (Å²) in [5.74, 6) is 1.25. The van der Waals surface area contributed by atoms with Gasteiger partial charge in [0.1, 0.15) is 0 Å². The van der Waals surface area contributed by atoms with Crippen molar-refractivity contribution in [3.05, 3.63) is 59.1 Å². The van der Waals surface area contributed by atoms with E-state index in [1.54, 1.807) is 0 Å². The van der Waals surface area contributed by atoms with Crippen LogP contribution in [0.5, 0.6) is 0 Å². The molecule has 3 aromatic rings. The Balaban J connectivity index is 1.67. The average molecular weight is 415 g/mol. The van der Waals surface area contributed by atoms with Gasteiger partial charge in [-0.1, -0.05) is 67.5 Å². The van der Waals surface area contributed by atoms with Crippen LogP contribution in [0.15, 0.2) is 53.7 Å². The lowest BCUT2D eigenvalue weighted by Crippen LogP contribution is -2.16. The Hall–Kier alpha value is -2.31. The zero-order valence-corrected chi connectivity index (χ0v) is 17.7. The summed E-state index contributed by atoms with van der Waals surface area (Å²) in [6, 6.07) is 15.5. The number of thioether (sulfide) groups is 1. The van der Waals surface area contributed by atoms with E-state index in [0.29, 0.717) is 21.9 Å². The van der Waals surface area contributed by atoms with Crippen molar-refractivity contribution in [2.24, 2.45) is 7.05 Å². The molecule has 1 aromatic heterocycles. The number of hydrogen-bond donors (Lipinski definition) is 1. The number of anilines is 1. The van der Waals surface area contributed by atoms with Gasteiger partial charge in [0.25, 0.3) is 0 Å². The monoisotopic (exact) mass is 414 g/mol. The van der Waals surface area contributed by atoms with E-state index in [1.807, 2.05) is 54.1 Å². The lowest BCUT2D eigenvalue weighted by Gasteiger charge is -2.15. The number of para-hydroxylation sites is 1. The van der Waals surface area contributed by atoms with Crippen LogP contribution in [0, 0.1) is 0 Å². The summed E-state index contributed by atoms with van der Waals surface area (Å²) < 4.78 is 1.85. The van der Waals surface area contributed by atoms with Crippen LogP contribution in [-0.2, 0) is 11.8 Å². The van der Waals surface area contributed by atoms with Crippen LogP contribution in [-0.4, -0.2) is 26.4 Å². The second-order valence-corrected chi connectivity index (χ2v) is 7.93. The molecular formula is C21H23ClN4OS. The van der Waals surface area contributed by atoms with Crippen molar-refractivity contribution in [1.29, 1.82) is 0 Å². The van der Waals surface area contributed by atoms with Gasteiger partial charge in [-0.25, -0.2) is 0 Å². The second kappa shape index (κ2) is 9.26. The van der Waals surface area contributed by atoms with Gasteiger partial charge in [-0.15, -0.1) is 10.2 Å². The van der Waals surface area contributed by atoms with Crippen LogP contribution >= 0.6 is 23.4 Å². The number of carbonyl (C=O) groups excluding carboxylic acids is 1. The van der Waals surface area contributed by atoms with E-state index in [2.05, 4.69) is 35.4 Å². The fourth-order valence-corrected chi connectivity index (χ4v) is 3.83. The lowest BCUT2D eigenvalue weighted by molar-refractivity contribution is -0.113. The first-order chi connectivity index (χ1) is 13.5. The molecular weight excluding hydrogens is 392 g/mol. The second-order valence-electron chi connectivity index (χ2n) is 6.58. The first-order valence-electron chi connectivity index (χ1n) is 9.17. The van der Waals surface area contributed by atoms with E-state index in [1.165, 1.54) is 11.8 Å². The Morgan fingerprint density at radius 3 is 2.64 bits per heavy atom. The normalized spacial score (nSPS) is 12.0. The largest absolute Gasteiger partial charge is 0.325 e. The molecule has 146 valence electrons. The molecule has 3 rings (SSSR count). The number of nitrogens with one attached hydrogen (secondary N) is 1. The van der Waals surface area contributed by atoms with Crippen molar-refractivity contribution in [1.82, 2.24) is 14.8 Å². The van der Waals surface area contributed by atoms with Crippen molar-refractivity contribution in [3.63, 3.8) is 0 Å². The molecule has 0 aliphatic carbocycles. The van der Waals surface area contributed by atoms with Gasteiger partial charge >= 0.3 is 0 Å². The minimum atomic E-state index is -0.0666. The molecule has 0 aliphatic rings. The fraction of sp³-hybridized carbons (Fsp3) is 0.286. The van der Waals surface area contributed by atoms with E-state index >= 15 is 0 Å². The van der Waals surface area contributed by atoms with E-state index < -0.39 is 0 Å². The summed E-state index contributed by atoms with van der Waals surface area (Å²) in [7, 11) is 1.87. The van der Waals surface area contributed by atoms with Gasteiger partial charge in [-0.05, 0) is 36.1 Å². The third-order valence-corrected chi connectivity index (χ3v) is 6.01. The molecule has 0 bridgehead atoms. The number of halogens is 1. The number of hydrogen-bond acceptors (Lipinski definition) is 4. The zero-order valence-electron chi connectivity index (χ0n) is 16.1. The number of nitrogens with zero attached hydrogens (tertiary/aromatic N) is 3. The molecule has 1 amide bonds. The van der Waals surface area contributed by atoms with Gasteiger partial charge in [0.15, 0.2) is 11.0 Å². The van der Waals surface area contributed by atoms with Crippen LogP contribution in [0.25, 0.3) is 11.4 Å². The zero-order chi connectivity index (χ0) is 20.1. The van der Waals surface area contributed by atoms with Gasteiger partial charge in [0.05, 0.1) is 10.8 Å². The summed E-state index contributed by atoms with van der Waals surface area (Å²) in [5.41, 5.74) is 2.85. The maximum atomic E-state index is 12.5. The van der Waals surface area contributed by atoms with Crippen molar-refractivity contribution in [3.8, 4) is 11.4 Å². The standard InChI is InChI=1S/C21H23ClN4OS/c1-4-14(2)15-9-6-8-12-18(15)23-19(27)13-28-21-25-24-20(26(21)3)16-10-5-7-11-17(16)22/h5-12,14H,4,13H2,1-3H3,(H,23,27). The molecule has 7 heteroatoms. The molecule has 0 spiro atoms. The molecule has 28 heavy (non-hydrogen) atoms. The van der Waals surface area contributed by atoms with Gasteiger partial charge in [-0.3, -0.25) is 4.79 Å². The highest BCUT2D eigenvalue weighted by Crippen LogP contribution is 2.29.